The van der Waals surface area contributed by atoms with Gasteiger partial charge in [0.1, 0.15) is 0 Å². The highest BCUT2D eigenvalue weighted by molar-refractivity contribution is 6.16. The van der Waals surface area contributed by atoms with Gasteiger partial charge in [0.15, 0.2) is 11.7 Å². The summed E-state index contributed by atoms with van der Waals surface area (Å²) < 4.78 is 76.7. The Morgan fingerprint density at radius 3 is 1.96 bits per heavy atom. The van der Waals surface area contributed by atoms with Crippen LogP contribution in [0.25, 0.3) is 0 Å². The number of rotatable bonds is 4. The van der Waals surface area contributed by atoms with Gasteiger partial charge in [-0.1, -0.05) is 18.2 Å². The molecule has 0 radical (unpaired) electrons. The third-order valence-electron chi connectivity index (χ3n) is 3.63. The molecule has 0 heterocycles. The molecule has 10 heteroatoms. The van der Waals surface area contributed by atoms with Crippen LogP contribution < -0.4 is 5.32 Å². The molecular formula is C18H10F6N2O2. The summed E-state index contributed by atoms with van der Waals surface area (Å²) in [6, 6.07) is 8.10. The van der Waals surface area contributed by atoms with Crippen molar-refractivity contribution in [2.45, 2.75) is 12.4 Å². The Labute approximate surface area is 154 Å². The number of hydrogen-bond donors (Lipinski definition) is 1. The van der Waals surface area contributed by atoms with E-state index in [2.05, 4.69) is 0 Å². The maximum absolute atomic E-state index is 13.0. The number of hydrogen-bond acceptors (Lipinski definition) is 3. The van der Waals surface area contributed by atoms with E-state index in [9.17, 15) is 35.9 Å². The zero-order valence-electron chi connectivity index (χ0n) is 13.7. The van der Waals surface area contributed by atoms with Crippen LogP contribution in [0.3, 0.4) is 0 Å². The first-order valence-corrected chi connectivity index (χ1v) is 7.53. The van der Waals surface area contributed by atoms with Gasteiger partial charge in [-0.05, 0) is 30.3 Å². The van der Waals surface area contributed by atoms with Gasteiger partial charge in [-0.2, -0.15) is 31.6 Å². The molecule has 146 valence electrons. The largest absolute Gasteiger partial charge is 0.417 e. The number of ketones is 1. The SMILES string of the molecule is N#CC(C(=O)Nc1ccc(C(F)(F)F)cc1)C(=O)c1ccccc1C(F)(F)F. The molecule has 1 unspecified atom stereocenters. The summed E-state index contributed by atoms with van der Waals surface area (Å²) in [7, 11) is 0. The molecule has 0 saturated heterocycles. The lowest BCUT2D eigenvalue weighted by Crippen LogP contribution is -2.30. The lowest BCUT2D eigenvalue weighted by atomic mass is 9.94. The Balaban J connectivity index is 2.25. The zero-order chi connectivity index (χ0) is 21.1. The first-order chi connectivity index (χ1) is 12.9. The molecule has 1 N–H and O–H groups in total. The van der Waals surface area contributed by atoms with E-state index < -0.39 is 46.7 Å². The Morgan fingerprint density at radius 2 is 1.46 bits per heavy atom. The van der Waals surface area contributed by atoms with Gasteiger partial charge in [-0.25, -0.2) is 0 Å². The van der Waals surface area contributed by atoms with Crippen molar-refractivity contribution < 1.29 is 35.9 Å². The highest BCUT2D eigenvalue weighted by atomic mass is 19.4. The normalized spacial score (nSPS) is 12.8. The molecule has 2 rings (SSSR count). The quantitative estimate of drug-likeness (QED) is 0.460. The van der Waals surface area contributed by atoms with E-state index in [1.165, 1.54) is 6.07 Å². The maximum atomic E-state index is 13.0. The highest BCUT2D eigenvalue weighted by Gasteiger charge is 2.38. The van der Waals surface area contributed by atoms with Gasteiger partial charge < -0.3 is 5.32 Å². The smallest absolute Gasteiger partial charge is 0.325 e. The minimum Gasteiger partial charge on any atom is -0.325 e. The zero-order valence-corrected chi connectivity index (χ0v) is 13.7. The first-order valence-electron chi connectivity index (χ1n) is 7.53. The van der Waals surface area contributed by atoms with E-state index in [4.69, 9.17) is 5.26 Å². The third kappa shape index (κ3) is 4.68. The Hall–Kier alpha value is -3.35. The average Bonchev–Trinajstić information content (AvgIpc) is 2.61. The first kappa shape index (κ1) is 21.0. The number of anilines is 1. The summed E-state index contributed by atoms with van der Waals surface area (Å²) >= 11 is 0. The fraction of sp³-hybridized carbons (Fsp3) is 0.167. The molecule has 0 spiro atoms. The molecular weight excluding hydrogens is 390 g/mol. The lowest BCUT2D eigenvalue weighted by Gasteiger charge is -2.14. The molecule has 0 saturated carbocycles. The fourth-order valence-corrected chi connectivity index (χ4v) is 2.29. The second-order valence-electron chi connectivity index (χ2n) is 5.53. The van der Waals surface area contributed by atoms with Crippen LogP contribution in [-0.2, 0) is 17.1 Å². The van der Waals surface area contributed by atoms with Gasteiger partial charge in [0.2, 0.25) is 5.91 Å². The van der Waals surface area contributed by atoms with Gasteiger partial charge in [0.05, 0.1) is 17.2 Å². The average molecular weight is 400 g/mol. The fourth-order valence-electron chi connectivity index (χ4n) is 2.29. The predicted molar refractivity (Wildman–Crippen MR) is 85.0 cm³/mol. The van der Waals surface area contributed by atoms with Gasteiger partial charge in [-0.15, -0.1) is 0 Å². The van der Waals surface area contributed by atoms with Crippen molar-refractivity contribution in [1.29, 1.82) is 5.26 Å². The van der Waals surface area contributed by atoms with Gasteiger partial charge >= 0.3 is 12.4 Å². The Kier molecular flexibility index (Phi) is 5.78. The van der Waals surface area contributed by atoms with Crippen molar-refractivity contribution in [3.8, 4) is 6.07 Å². The molecule has 0 aromatic heterocycles. The van der Waals surface area contributed by atoms with Crippen LogP contribution in [-0.4, -0.2) is 11.7 Å². The Morgan fingerprint density at radius 1 is 0.893 bits per heavy atom. The van der Waals surface area contributed by atoms with Crippen molar-refractivity contribution in [3.05, 3.63) is 65.2 Å². The molecule has 0 aliphatic rings. The standard InChI is InChI=1S/C18H10F6N2O2/c19-17(20,21)10-5-7-11(8-6-10)26-16(28)13(9-25)15(27)12-3-1-2-4-14(12)18(22,23)24/h1-8,13H,(H,26,28). The molecule has 0 aliphatic heterocycles. The lowest BCUT2D eigenvalue weighted by molar-refractivity contribution is -0.138. The number of nitrogens with zero attached hydrogens (tertiary/aromatic N) is 1. The Bertz CT molecular complexity index is 927. The van der Waals surface area contributed by atoms with E-state index in [1.54, 1.807) is 0 Å². The van der Waals surface area contributed by atoms with Crippen LogP contribution in [0.1, 0.15) is 21.5 Å². The summed E-state index contributed by atoms with van der Waals surface area (Å²) in [5.41, 5.74) is -3.31. The number of nitrogens with one attached hydrogen (secondary N) is 1. The number of Topliss-reactive ketones (excluding diaryl/α,β-unsaturated/α-hetero) is 1. The summed E-state index contributed by atoms with van der Waals surface area (Å²) in [6.07, 6.45) is -9.48. The van der Waals surface area contributed by atoms with E-state index in [1.807, 2.05) is 5.32 Å². The second kappa shape index (κ2) is 7.72. The number of carbonyl (C=O) groups is 2. The van der Waals surface area contributed by atoms with Crippen LogP contribution in [0.4, 0.5) is 32.0 Å². The molecule has 1 atom stereocenters. The second-order valence-corrected chi connectivity index (χ2v) is 5.53. The van der Waals surface area contributed by atoms with E-state index >= 15 is 0 Å². The number of benzene rings is 2. The van der Waals surface area contributed by atoms with Crippen LogP contribution in [0.2, 0.25) is 0 Å². The molecule has 4 nitrogen and oxygen atoms in total. The number of halogens is 6. The summed E-state index contributed by atoms with van der Waals surface area (Å²) in [6.45, 7) is 0. The third-order valence-corrected chi connectivity index (χ3v) is 3.63. The summed E-state index contributed by atoms with van der Waals surface area (Å²) in [4.78, 5) is 24.5. The van der Waals surface area contributed by atoms with Crippen molar-refractivity contribution in [3.63, 3.8) is 0 Å². The molecule has 28 heavy (non-hydrogen) atoms. The minimum atomic E-state index is -4.88. The number of carbonyl (C=O) groups excluding carboxylic acids is 2. The molecule has 0 fully saturated rings. The summed E-state index contributed by atoms with van der Waals surface area (Å²) in [5, 5.41) is 11.1. The van der Waals surface area contributed by atoms with Crippen molar-refractivity contribution >= 4 is 17.4 Å². The van der Waals surface area contributed by atoms with Gasteiger partial charge in [0, 0.05) is 11.3 Å². The topological polar surface area (TPSA) is 70.0 Å². The monoisotopic (exact) mass is 400 g/mol. The highest BCUT2D eigenvalue weighted by Crippen LogP contribution is 2.33. The molecule has 0 bridgehead atoms. The number of alkyl halides is 6. The predicted octanol–water partition coefficient (Wildman–Crippen LogP) is 4.69. The van der Waals surface area contributed by atoms with Crippen LogP contribution in [0.15, 0.2) is 48.5 Å². The maximum Gasteiger partial charge on any atom is 0.417 e. The van der Waals surface area contributed by atoms with Crippen LogP contribution >= 0.6 is 0 Å². The number of amides is 1. The molecule has 0 aliphatic carbocycles. The van der Waals surface area contributed by atoms with Gasteiger partial charge in [-0.3, -0.25) is 9.59 Å². The van der Waals surface area contributed by atoms with Crippen LogP contribution in [0.5, 0.6) is 0 Å². The van der Waals surface area contributed by atoms with E-state index in [0.29, 0.717) is 18.2 Å². The van der Waals surface area contributed by atoms with Crippen molar-refractivity contribution in [2.75, 3.05) is 5.32 Å². The van der Waals surface area contributed by atoms with E-state index in [-0.39, 0.29) is 5.69 Å². The molecule has 2 aromatic carbocycles. The van der Waals surface area contributed by atoms with Crippen molar-refractivity contribution in [1.82, 2.24) is 0 Å². The molecule has 1 amide bonds. The van der Waals surface area contributed by atoms with Crippen molar-refractivity contribution in [2.24, 2.45) is 5.92 Å². The van der Waals surface area contributed by atoms with Crippen LogP contribution in [0, 0.1) is 17.2 Å². The minimum absolute atomic E-state index is 0.157. The van der Waals surface area contributed by atoms with Gasteiger partial charge in [0.25, 0.3) is 0 Å². The molecule has 2 aromatic rings. The van der Waals surface area contributed by atoms with E-state index in [0.717, 1.165) is 30.3 Å². The summed E-state index contributed by atoms with van der Waals surface area (Å²) in [5.74, 6) is -4.75. The number of nitriles is 1.